The van der Waals surface area contributed by atoms with Gasteiger partial charge < -0.3 is 20.1 Å². The number of morpholine rings is 1. The van der Waals surface area contributed by atoms with E-state index in [1.54, 1.807) is 6.08 Å². The number of ether oxygens (including phenoxy) is 1. The summed E-state index contributed by atoms with van der Waals surface area (Å²) in [5, 5.41) is 11.5. The second-order valence-corrected chi connectivity index (χ2v) is 5.59. The maximum Gasteiger partial charge on any atom is 0.405 e. The third-order valence-corrected chi connectivity index (χ3v) is 3.99. The lowest BCUT2D eigenvalue weighted by atomic mass is 9.84. The maximum atomic E-state index is 14.5. The van der Waals surface area contributed by atoms with Gasteiger partial charge in [0.1, 0.15) is 5.83 Å². The summed E-state index contributed by atoms with van der Waals surface area (Å²) in [5.41, 5.74) is -0.251. The minimum absolute atomic E-state index is 0.0858. The Kier molecular flexibility index (Phi) is 5.22. The smallest absolute Gasteiger partial charge is 0.405 e. The highest BCUT2D eigenvalue weighted by Gasteiger charge is 2.34. The Morgan fingerprint density at radius 1 is 1.52 bits per heavy atom. The summed E-state index contributed by atoms with van der Waals surface area (Å²) in [6.45, 7) is 4.56. The molecule has 2 rings (SSSR count). The van der Waals surface area contributed by atoms with Crippen LogP contribution < -0.4 is 5.32 Å². The van der Waals surface area contributed by atoms with Crippen LogP contribution in [-0.4, -0.2) is 47.9 Å². The van der Waals surface area contributed by atoms with Gasteiger partial charge in [-0.15, -0.1) is 0 Å². The van der Waals surface area contributed by atoms with Crippen LogP contribution in [0.5, 0.6) is 0 Å². The number of nitrogens with one attached hydrogen (secondary N) is 1. The highest BCUT2D eigenvalue weighted by Crippen LogP contribution is 2.33. The van der Waals surface area contributed by atoms with Crippen molar-refractivity contribution in [3.63, 3.8) is 0 Å². The third-order valence-electron chi connectivity index (χ3n) is 3.99. The number of hydrogen-bond donors (Lipinski definition) is 2. The Balaban J connectivity index is 2.13. The van der Waals surface area contributed by atoms with E-state index in [0.29, 0.717) is 38.4 Å². The molecule has 1 heterocycles. The van der Waals surface area contributed by atoms with Gasteiger partial charge in [-0.1, -0.05) is 25.8 Å². The Hall–Kier alpha value is -1.56. The molecule has 0 bridgehead atoms. The maximum absolute atomic E-state index is 14.5. The first-order chi connectivity index (χ1) is 10.1. The van der Waals surface area contributed by atoms with Gasteiger partial charge in [0.25, 0.3) is 0 Å². The highest BCUT2D eigenvalue weighted by atomic mass is 19.1. The largest absolute Gasteiger partial charge is 0.465 e. The van der Waals surface area contributed by atoms with Crippen LogP contribution in [-0.2, 0) is 4.74 Å². The van der Waals surface area contributed by atoms with Gasteiger partial charge in [0, 0.05) is 19.5 Å². The molecule has 2 N–H and O–H groups in total. The molecule has 0 aromatic heterocycles. The van der Waals surface area contributed by atoms with Gasteiger partial charge in [-0.3, -0.25) is 0 Å². The molecule has 0 saturated carbocycles. The van der Waals surface area contributed by atoms with Crippen molar-refractivity contribution in [3.05, 3.63) is 23.7 Å². The lowest BCUT2D eigenvalue weighted by Crippen LogP contribution is -2.48. The van der Waals surface area contributed by atoms with Crippen molar-refractivity contribution in [1.29, 1.82) is 0 Å². The van der Waals surface area contributed by atoms with Crippen LogP contribution in [0.2, 0.25) is 0 Å². The number of rotatable bonds is 5. The van der Waals surface area contributed by atoms with Crippen LogP contribution in [0.1, 0.15) is 32.6 Å². The van der Waals surface area contributed by atoms with Gasteiger partial charge in [0.05, 0.1) is 24.4 Å². The second kappa shape index (κ2) is 6.93. The Morgan fingerprint density at radius 3 is 2.81 bits per heavy atom. The van der Waals surface area contributed by atoms with E-state index >= 15 is 0 Å². The summed E-state index contributed by atoms with van der Waals surface area (Å²) in [4.78, 5) is 13.0. The van der Waals surface area contributed by atoms with E-state index in [-0.39, 0.29) is 12.2 Å². The molecule has 1 aliphatic carbocycles. The monoisotopic (exact) mass is 298 g/mol. The van der Waals surface area contributed by atoms with Crippen molar-refractivity contribution in [2.75, 3.05) is 26.3 Å². The number of unbranched alkanes of at least 4 members (excludes halogenated alkanes) is 1. The topological polar surface area (TPSA) is 61.8 Å². The van der Waals surface area contributed by atoms with Crippen molar-refractivity contribution in [3.8, 4) is 0 Å². The molecule has 1 atom stereocenters. The van der Waals surface area contributed by atoms with Crippen molar-refractivity contribution in [2.45, 2.75) is 38.1 Å². The Labute approximate surface area is 124 Å². The zero-order valence-electron chi connectivity index (χ0n) is 12.4. The molecular formula is C15H23FN2O3. The molecule has 0 spiro atoms. The summed E-state index contributed by atoms with van der Waals surface area (Å²) in [6, 6.07) is 0. The van der Waals surface area contributed by atoms with Gasteiger partial charge in [0.15, 0.2) is 0 Å². The molecule has 21 heavy (non-hydrogen) atoms. The summed E-state index contributed by atoms with van der Waals surface area (Å²) >= 11 is 0. The SMILES string of the molecule is CCCCC1(NC(=O)O)C=CC(N2CCOCC2)=C(F)C1. The van der Waals surface area contributed by atoms with Crippen LogP contribution in [0, 0.1) is 0 Å². The number of carbonyl (C=O) groups is 1. The molecule has 0 radical (unpaired) electrons. The molecule has 1 saturated heterocycles. The number of nitrogens with zero attached hydrogens (tertiary/aromatic N) is 1. The number of halogens is 1. The first-order valence-corrected chi connectivity index (χ1v) is 7.48. The molecule has 1 unspecified atom stereocenters. The van der Waals surface area contributed by atoms with Crippen molar-refractivity contribution in [2.24, 2.45) is 0 Å². The van der Waals surface area contributed by atoms with Crippen LogP contribution >= 0.6 is 0 Å². The first-order valence-electron chi connectivity index (χ1n) is 7.48. The molecule has 1 aliphatic heterocycles. The first kappa shape index (κ1) is 15.8. The average molecular weight is 298 g/mol. The molecule has 5 nitrogen and oxygen atoms in total. The number of allylic oxidation sites excluding steroid dienone is 1. The molecule has 2 aliphatic rings. The highest BCUT2D eigenvalue weighted by molar-refractivity contribution is 5.66. The molecule has 1 amide bonds. The van der Waals surface area contributed by atoms with Gasteiger partial charge in [-0.25, -0.2) is 9.18 Å². The summed E-state index contributed by atoms with van der Waals surface area (Å²) < 4.78 is 19.8. The Morgan fingerprint density at radius 2 is 2.24 bits per heavy atom. The van der Waals surface area contributed by atoms with Crippen molar-refractivity contribution < 1.29 is 19.0 Å². The summed E-state index contributed by atoms with van der Waals surface area (Å²) in [5.74, 6) is -0.246. The fourth-order valence-corrected chi connectivity index (χ4v) is 2.86. The van der Waals surface area contributed by atoms with Gasteiger partial charge in [0.2, 0.25) is 0 Å². The normalized spacial score (nSPS) is 26.1. The number of amides is 1. The molecule has 0 aromatic rings. The van der Waals surface area contributed by atoms with E-state index in [1.807, 2.05) is 17.9 Å². The van der Waals surface area contributed by atoms with E-state index in [2.05, 4.69) is 5.32 Å². The fourth-order valence-electron chi connectivity index (χ4n) is 2.86. The van der Waals surface area contributed by atoms with Gasteiger partial charge in [-0.2, -0.15) is 0 Å². The number of carboxylic acid groups (broad SMARTS) is 1. The molecule has 0 aromatic carbocycles. The zero-order valence-corrected chi connectivity index (χ0v) is 12.4. The standard InChI is InChI=1S/C15H23FN2O3/c1-2-3-5-15(17-14(19)20)6-4-13(12(16)11-15)18-7-9-21-10-8-18/h4,6,17H,2-3,5,7-11H2,1H3,(H,19,20). The lowest BCUT2D eigenvalue weighted by Gasteiger charge is -2.37. The fraction of sp³-hybridized carbons (Fsp3) is 0.667. The van der Waals surface area contributed by atoms with Crippen molar-refractivity contribution >= 4 is 6.09 Å². The van der Waals surface area contributed by atoms with Crippen LogP contribution in [0.4, 0.5) is 9.18 Å². The van der Waals surface area contributed by atoms with Crippen LogP contribution in [0.15, 0.2) is 23.7 Å². The molecule has 6 heteroatoms. The second-order valence-electron chi connectivity index (χ2n) is 5.59. The molecule has 1 fully saturated rings. The van der Waals surface area contributed by atoms with Crippen LogP contribution in [0.3, 0.4) is 0 Å². The number of hydrogen-bond acceptors (Lipinski definition) is 3. The lowest BCUT2D eigenvalue weighted by molar-refractivity contribution is 0.0534. The van der Waals surface area contributed by atoms with E-state index in [1.165, 1.54) is 0 Å². The zero-order chi connectivity index (χ0) is 15.3. The summed E-state index contributed by atoms with van der Waals surface area (Å²) in [7, 11) is 0. The quantitative estimate of drug-likeness (QED) is 0.819. The van der Waals surface area contributed by atoms with E-state index < -0.39 is 11.6 Å². The molecular weight excluding hydrogens is 275 g/mol. The Bertz CT molecular complexity index is 444. The minimum Gasteiger partial charge on any atom is -0.465 e. The van der Waals surface area contributed by atoms with E-state index in [9.17, 15) is 9.18 Å². The van der Waals surface area contributed by atoms with E-state index in [4.69, 9.17) is 9.84 Å². The van der Waals surface area contributed by atoms with E-state index in [0.717, 1.165) is 12.8 Å². The average Bonchev–Trinajstić information content (AvgIpc) is 2.45. The molecule has 118 valence electrons. The summed E-state index contributed by atoms with van der Waals surface area (Å²) in [6.07, 6.45) is 4.90. The van der Waals surface area contributed by atoms with Gasteiger partial charge in [-0.05, 0) is 12.5 Å². The third kappa shape index (κ3) is 3.97. The van der Waals surface area contributed by atoms with Gasteiger partial charge >= 0.3 is 6.09 Å². The predicted octanol–water partition coefficient (Wildman–Crippen LogP) is 2.66. The minimum atomic E-state index is -1.11. The van der Waals surface area contributed by atoms with Crippen molar-refractivity contribution in [1.82, 2.24) is 10.2 Å². The predicted molar refractivity (Wildman–Crippen MR) is 77.7 cm³/mol. The van der Waals surface area contributed by atoms with Crippen LogP contribution in [0.25, 0.3) is 0 Å².